The Balaban J connectivity index is 1.51. The lowest BCUT2D eigenvalue weighted by atomic mass is 9.79. The number of rotatable bonds is 4. The van der Waals surface area contributed by atoms with Crippen LogP contribution in [0.25, 0.3) is 11.0 Å². The Labute approximate surface area is 171 Å². The first-order chi connectivity index (χ1) is 13.9. The molecule has 1 aromatic heterocycles. The van der Waals surface area contributed by atoms with Crippen molar-refractivity contribution >= 4 is 16.9 Å². The minimum Gasteiger partial charge on any atom is -0.383 e. The molecule has 0 unspecified atom stereocenters. The zero-order valence-corrected chi connectivity index (χ0v) is 17.2. The topological polar surface area (TPSA) is 72.5 Å². The molecular formula is C23H28N4O2. The molecule has 152 valence electrons. The van der Waals surface area contributed by atoms with Crippen LogP contribution < -0.4 is 0 Å². The summed E-state index contributed by atoms with van der Waals surface area (Å²) in [5.74, 6) is 0.955. The summed E-state index contributed by atoms with van der Waals surface area (Å²) < 4.78 is 0. The van der Waals surface area contributed by atoms with Gasteiger partial charge in [-0.05, 0) is 50.7 Å². The first-order valence-corrected chi connectivity index (χ1v) is 10.0. The first kappa shape index (κ1) is 19.6. The lowest BCUT2D eigenvalue weighted by molar-refractivity contribution is -0.141. The Morgan fingerprint density at radius 1 is 1.28 bits per heavy atom. The van der Waals surface area contributed by atoms with Gasteiger partial charge >= 0.3 is 0 Å². The maximum atomic E-state index is 13.0. The van der Waals surface area contributed by atoms with Crippen molar-refractivity contribution < 1.29 is 9.90 Å². The molecule has 6 nitrogen and oxygen atoms in total. The number of aryl methyl sites for hydroxylation is 1. The maximum absolute atomic E-state index is 13.0. The molecule has 0 bridgehead atoms. The molecule has 1 aliphatic heterocycles. The zero-order valence-electron chi connectivity index (χ0n) is 17.2. The van der Waals surface area contributed by atoms with Gasteiger partial charge in [-0.1, -0.05) is 36.4 Å². The van der Waals surface area contributed by atoms with Crippen molar-refractivity contribution in [1.29, 1.82) is 0 Å². The van der Waals surface area contributed by atoms with Crippen LogP contribution in [0.1, 0.15) is 23.4 Å². The number of piperidine rings is 1. The number of likely N-dealkylation sites (N-methyl/N-ethyl adjacent to an activating group) is 1. The van der Waals surface area contributed by atoms with E-state index in [4.69, 9.17) is 0 Å². The highest BCUT2D eigenvalue weighted by Crippen LogP contribution is 2.35. The van der Waals surface area contributed by atoms with Crippen molar-refractivity contribution in [1.82, 2.24) is 19.8 Å². The summed E-state index contributed by atoms with van der Waals surface area (Å²) in [5, 5.41) is 11.5. The number of hydrogen-bond acceptors (Lipinski definition) is 4. The van der Waals surface area contributed by atoms with Crippen molar-refractivity contribution in [3.63, 3.8) is 0 Å². The van der Waals surface area contributed by atoms with Gasteiger partial charge < -0.3 is 19.9 Å². The normalized spacial score (nSPS) is 22.4. The third-order valence-corrected chi connectivity index (χ3v) is 5.98. The molecule has 1 saturated heterocycles. The Kier molecular flexibility index (Phi) is 5.15. The standard InChI is InChI=1S/C23H28N4O2/c1-16-24-19-10-9-17(13-20(19)25-16)14-22(28)27-12-11-23(29,21(15-27)26(2)3)18-7-5-4-6-8-18/h4-10,13,21,29H,11-12,14-15H2,1-3H3,(H,24,25)/t21-,23+/m1/s1. The fourth-order valence-corrected chi connectivity index (χ4v) is 4.38. The molecule has 2 atom stereocenters. The predicted octanol–water partition coefficient (Wildman–Crippen LogP) is 2.46. The summed E-state index contributed by atoms with van der Waals surface area (Å²) >= 11 is 0. The fraction of sp³-hybridized carbons (Fsp3) is 0.391. The van der Waals surface area contributed by atoms with Gasteiger partial charge in [0.2, 0.25) is 5.91 Å². The SMILES string of the molecule is Cc1nc2ccc(CC(=O)N3CC[C@](O)(c4ccccc4)[C@H](N(C)C)C3)cc2[nH]1. The summed E-state index contributed by atoms with van der Waals surface area (Å²) in [6.45, 7) is 2.97. The van der Waals surface area contributed by atoms with Crippen LogP contribution in [0.3, 0.4) is 0 Å². The Hall–Kier alpha value is -2.70. The molecule has 1 aliphatic rings. The van der Waals surface area contributed by atoms with E-state index in [0.717, 1.165) is 28.0 Å². The zero-order chi connectivity index (χ0) is 20.6. The van der Waals surface area contributed by atoms with Gasteiger partial charge in [0.15, 0.2) is 0 Å². The number of aliphatic hydroxyl groups is 1. The Morgan fingerprint density at radius 2 is 2.03 bits per heavy atom. The van der Waals surface area contributed by atoms with E-state index >= 15 is 0 Å². The molecule has 0 radical (unpaired) electrons. The minimum atomic E-state index is -0.964. The Morgan fingerprint density at radius 3 is 2.76 bits per heavy atom. The maximum Gasteiger partial charge on any atom is 0.227 e. The van der Waals surface area contributed by atoms with Crippen LogP contribution in [-0.2, 0) is 16.8 Å². The quantitative estimate of drug-likeness (QED) is 0.715. The molecule has 29 heavy (non-hydrogen) atoms. The van der Waals surface area contributed by atoms with Gasteiger partial charge in [-0.15, -0.1) is 0 Å². The second-order valence-electron chi connectivity index (χ2n) is 8.21. The summed E-state index contributed by atoms with van der Waals surface area (Å²) in [6, 6.07) is 15.5. The predicted molar refractivity (Wildman–Crippen MR) is 114 cm³/mol. The fourth-order valence-electron chi connectivity index (χ4n) is 4.38. The van der Waals surface area contributed by atoms with E-state index in [0.29, 0.717) is 25.9 Å². The monoisotopic (exact) mass is 392 g/mol. The molecule has 0 aliphatic carbocycles. The molecule has 4 rings (SSSR count). The van der Waals surface area contributed by atoms with E-state index in [1.165, 1.54) is 0 Å². The molecule has 1 amide bonds. The number of aromatic amines is 1. The average molecular weight is 393 g/mol. The molecule has 0 spiro atoms. The molecule has 0 saturated carbocycles. The van der Waals surface area contributed by atoms with Crippen molar-refractivity contribution in [3.8, 4) is 0 Å². The second-order valence-corrected chi connectivity index (χ2v) is 8.21. The number of fused-ring (bicyclic) bond motifs is 1. The number of H-pyrrole nitrogens is 1. The summed E-state index contributed by atoms with van der Waals surface area (Å²) in [4.78, 5) is 24.6. The van der Waals surface area contributed by atoms with Crippen LogP contribution in [-0.4, -0.2) is 64.0 Å². The lowest BCUT2D eigenvalue weighted by Crippen LogP contribution is -2.60. The number of aromatic nitrogens is 2. The third kappa shape index (κ3) is 3.78. The van der Waals surface area contributed by atoms with Crippen LogP contribution in [0.15, 0.2) is 48.5 Å². The molecule has 6 heteroatoms. The molecular weight excluding hydrogens is 364 g/mol. The van der Waals surface area contributed by atoms with Gasteiger partial charge in [0, 0.05) is 13.1 Å². The first-order valence-electron chi connectivity index (χ1n) is 10.0. The smallest absolute Gasteiger partial charge is 0.227 e. The number of amides is 1. The molecule has 2 heterocycles. The van der Waals surface area contributed by atoms with E-state index in [-0.39, 0.29) is 11.9 Å². The van der Waals surface area contributed by atoms with Crippen LogP contribution >= 0.6 is 0 Å². The van der Waals surface area contributed by atoms with Crippen LogP contribution in [0.2, 0.25) is 0 Å². The average Bonchev–Trinajstić information content (AvgIpc) is 3.08. The molecule has 3 aromatic rings. The summed E-state index contributed by atoms with van der Waals surface area (Å²) in [6.07, 6.45) is 0.863. The van der Waals surface area contributed by atoms with Gasteiger partial charge in [-0.2, -0.15) is 0 Å². The highest BCUT2D eigenvalue weighted by molar-refractivity contribution is 5.82. The van der Waals surface area contributed by atoms with Gasteiger partial charge in [-0.3, -0.25) is 4.79 Å². The van der Waals surface area contributed by atoms with Crippen molar-refractivity contribution in [2.45, 2.75) is 31.4 Å². The largest absolute Gasteiger partial charge is 0.383 e. The second kappa shape index (κ2) is 7.61. The number of nitrogens with one attached hydrogen (secondary N) is 1. The number of carbonyl (C=O) groups is 1. The van der Waals surface area contributed by atoms with E-state index in [1.807, 2.05) is 79.3 Å². The minimum absolute atomic E-state index is 0.0857. The summed E-state index contributed by atoms with van der Waals surface area (Å²) in [5.41, 5.74) is 2.78. The molecule has 2 N–H and O–H groups in total. The van der Waals surface area contributed by atoms with E-state index in [2.05, 4.69) is 9.97 Å². The summed E-state index contributed by atoms with van der Waals surface area (Å²) in [7, 11) is 3.92. The number of likely N-dealkylation sites (tertiary alicyclic amines) is 1. The van der Waals surface area contributed by atoms with Crippen molar-refractivity contribution in [3.05, 3.63) is 65.5 Å². The lowest BCUT2D eigenvalue weighted by Gasteiger charge is -2.47. The molecule has 1 fully saturated rings. The van der Waals surface area contributed by atoms with E-state index in [1.54, 1.807) is 0 Å². The van der Waals surface area contributed by atoms with Crippen LogP contribution in [0.4, 0.5) is 0 Å². The molecule has 2 aromatic carbocycles. The number of imidazole rings is 1. The van der Waals surface area contributed by atoms with Gasteiger partial charge in [-0.25, -0.2) is 4.98 Å². The van der Waals surface area contributed by atoms with Crippen molar-refractivity contribution in [2.75, 3.05) is 27.2 Å². The highest BCUT2D eigenvalue weighted by atomic mass is 16.3. The van der Waals surface area contributed by atoms with E-state index in [9.17, 15) is 9.90 Å². The van der Waals surface area contributed by atoms with E-state index < -0.39 is 5.60 Å². The van der Waals surface area contributed by atoms with Crippen LogP contribution in [0.5, 0.6) is 0 Å². The van der Waals surface area contributed by atoms with Gasteiger partial charge in [0.05, 0.1) is 23.5 Å². The van der Waals surface area contributed by atoms with Crippen molar-refractivity contribution in [2.24, 2.45) is 0 Å². The van der Waals surface area contributed by atoms with Gasteiger partial charge in [0.25, 0.3) is 0 Å². The number of benzene rings is 2. The number of hydrogen-bond donors (Lipinski definition) is 2. The van der Waals surface area contributed by atoms with Crippen LogP contribution in [0, 0.1) is 6.92 Å². The number of carbonyl (C=O) groups excluding carboxylic acids is 1. The Bertz CT molecular complexity index is 1010. The number of nitrogens with zero attached hydrogens (tertiary/aromatic N) is 3. The van der Waals surface area contributed by atoms with Gasteiger partial charge in [0.1, 0.15) is 11.4 Å². The third-order valence-electron chi connectivity index (χ3n) is 5.98. The highest BCUT2D eigenvalue weighted by Gasteiger charge is 2.44.